The van der Waals surface area contributed by atoms with Crippen LogP contribution in [0.25, 0.3) is 77.2 Å². The fourth-order valence-electron chi connectivity index (χ4n) is 9.23. The number of rotatable bonds is 1. The minimum absolute atomic E-state index is 0.369. The van der Waals surface area contributed by atoms with Crippen molar-refractivity contribution < 1.29 is 0 Å². The van der Waals surface area contributed by atoms with Gasteiger partial charge in [-0.15, -0.1) is 0 Å². The van der Waals surface area contributed by atoms with Crippen LogP contribution in [-0.4, -0.2) is 0 Å². The molecule has 0 bridgehead atoms. The first-order valence-corrected chi connectivity index (χ1v) is 15.9. The Kier molecular flexibility index (Phi) is 4.35. The molecular weight excluding hydrogens is 540 g/mol. The molecule has 3 aliphatic rings. The van der Waals surface area contributed by atoms with Crippen molar-refractivity contribution in [3.63, 3.8) is 0 Å². The highest BCUT2D eigenvalue weighted by atomic mass is 14.5. The lowest BCUT2D eigenvalue weighted by Gasteiger charge is -2.31. The topological polar surface area (TPSA) is 0 Å². The van der Waals surface area contributed by atoms with E-state index in [9.17, 15) is 0 Å². The van der Waals surface area contributed by atoms with E-state index in [1.807, 2.05) is 0 Å². The van der Waals surface area contributed by atoms with Crippen LogP contribution in [-0.2, 0) is 5.41 Å². The number of benzene rings is 8. The molecule has 0 radical (unpaired) electrons. The first kappa shape index (κ1) is 23.7. The summed E-state index contributed by atoms with van der Waals surface area (Å²) in [5.41, 5.74) is 18.6. The Morgan fingerprint density at radius 2 is 0.889 bits per heavy atom. The molecule has 0 aromatic heterocycles. The molecule has 3 aliphatic carbocycles. The van der Waals surface area contributed by atoms with Gasteiger partial charge < -0.3 is 0 Å². The van der Waals surface area contributed by atoms with Gasteiger partial charge in [-0.25, -0.2) is 0 Å². The molecule has 0 heteroatoms. The van der Waals surface area contributed by atoms with Crippen LogP contribution in [0.5, 0.6) is 0 Å². The van der Waals surface area contributed by atoms with E-state index in [4.69, 9.17) is 0 Å². The van der Waals surface area contributed by atoms with Crippen LogP contribution in [0.15, 0.2) is 158 Å². The zero-order valence-electron chi connectivity index (χ0n) is 24.5. The van der Waals surface area contributed by atoms with Gasteiger partial charge in [0.05, 0.1) is 5.41 Å². The minimum atomic E-state index is -0.369. The summed E-state index contributed by atoms with van der Waals surface area (Å²) >= 11 is 0. The average molecular weight is 567 g/mol. The monoisotopic (exact) mass is 566 g/mol. The molecule has 1 spiro atoms. The maximum absolute atomic E-state index is 2.59. The van der Waals surface area contributed by atoms with E-state index in [1.165, 1.54) is 99.4 Å². The third kappa shape index (κ3) is 2.71. The lowest BCUT2D eigenvalue weighted by molar-refractivity contribution is 0.795. The molecule has 0 nitrogen and oxygen atoms in total. The van der Waals surface area contributed by atoms with E-state index in [2.05, 4.69) is 158 Å². The molecule has 8 aromatic rings. The molecule has 0 aliphatic heterocycles. The van der Waals surface area contributed by atoms with Gasteiger partial charge >= 0.3 is 0 Å². The van der Waals surface area contributed by atoms with Crippen molar-refractivity contribution in [2.45, 2.75) is 5.41 Å². The fourth-order valence-corrected chi connectivity index (χ4v) is 9.23. The Labute approximate surface area is 261 Å². The molecule has 0 saturated heterocycles. The zero-order valence-corrected chi connectivity index (χ0v) is 24.5. The fraction of sp³-hybridized carbons (Fsp3) is 0.0222. The normalized spacial score (nSPS) is 14.0. The highest BCUT2D eigenvalue weighted by Crippen LogP contribution is 2.66. The quantitative estimate of drug-likeness (QED) is 0.185. The van der Waals surface area contributed by atoms with Gasteiger partial charge in [-0.3, -0.25) is 0 Å². The van der Waals surface area contributed by atoms with E-state index in [0.29, 0.717) is 0 Å². The van der Waals surface area contributed by atoms with Crippen molar-refractivity contribution in [2.75, 3.05) is 0 Å². The van der Waals surface area contributed by atoms with E-state index < -0.39 is 0 Å². The van der Waals surface area contributed by atoms with E-state index >= 15 is 0 Å². The SMILES string of the molecule is c1ccc(-c2c3c(cc4ccccc24)-c2cccc4c5c(cc-3c24)C2(c3ccccc3-c3ccccc32)c2ccccc2-5)cc1. The maximum atomic E-state index is 2.59. The molecule has 0 N–H and O–H groups in total. The van der Waals surface area contributed by atoms with Gasteiger partial charge in [-0.2, -0.15) is 0 Å². The van der Waals surface area contributed by atoms with Crippen molar-refractivity contribution in [3.05, 3.63) is 180 Å². The summed E-state index contributed by atoms with van der Waals surface area (Å²) in [5.74, 6) is 0. The highest BCUT2D eigenvalue weighted by molar-refractivity contribution is 6.26. The van der Waals surface area contributed by atoms with Crippen LogP contribution in [0.4, 0.5) is 0 Å². The molecule has 0 fully saturated rings. The molecule has 0 saturated carbocycles. The molecule has 0 unspecified atom stereocenters. The Hall–Kier alpha value is -5.72. The molecule has 206 valence electrons. The zero-order chi connectivity index (χ0) is 29.3. The predicted octanol–water partition coefficient (Wildman–Crippen LogP) is 11.7. The molecule has 11 rings (SSSR count). The van der Waals surface area contributed by atoms with Crippen molar-refractivity contribution in [3.8, 4) is 55.6 Å². The Bertz CT molecular complexity index is 2540. The summed E-state index contributed by atoms with van der Waals surface area (Å²) in [6.45, 7) is 0. The summed E-state index contributed by atoms with van der Waals surface area (Å²) in [5, 5.41) is 5.32. The van der Waals surface area contributed by atoms with Crippen molar-refractivity contribution in [2.24, 2.45) is 0 Å². The second kappa shape index (κ2) is 8.25. The largest absolute Gasteiger partial charge is 0.0725 e. The number of fused-ring (bicyclic) bond motifs is 15. The van der Waals surface area contributed by atoms with Crippen LogP contribution in [0.3, 0.4) is 0 Å². The first-order valence-electron chi connectivity index (χ1n) is 15.9. The molecule has 0 atom stereocenters. The smallest absolute Gasteiger partial charge is 0.0622 e. The van der Waals surface area contributed by atoms with Crippen LogP contribution in [0.2, 0.25) is 0 Å². The maximum Gasteiger partial charge on any atom is 0.0725 e. The van der Waals surface area contributed by atoms with Crippen molar-refractivity contribution in [1.29, 1.82) is 0 Å². The summed E-state index contributed by atoms with van der Waals surface area (Å²) in [4.78, 5) is 0. The molecule has 0 heterocycles. The van der Waals surface area contributed by atoms with Crippen molar-refractivity contribution >= 4 is 21.5 Å². The standard InChI is InChI=1S/C45H26/c1-2-13-27(14-3-1)41-29-16-5-4-15-28(29)25-35-32-20-12-21-34-42(32)36(44(35)41)26-40-43(34)33-19-8-11-24-39(33)45(40)37-22-9-6-17-30(37)31-18-7-10-23-38(31)45/h1-26H. The third-order valence-electron chi connectivity index (χ3n) is 10.8. The van der Waals surface area contributed by atoms with Gasteiger partial charge in [0.1, 0.15) is 0 Å². The lowest BCUT2D eigenvalue weighted by Crippen LogP contribution is -2.25. The summed E-state index contributed by atoms with van der Waals surface area (Å²) < 4.78 is 0. The Morgan fingerprint density at radius 1 is 0.311 bits per heavy atom. The van der Waals surface area contributed by atoms with Crippen LogP contribution in [0.1, 0.15) is 22.3 Å². The first-order chi connectivity index (χ1) is 22.4. The second-order valence-electron chi connectivity index (χ2n) is 12.7. The van der Waals surface area contributed by atoms with Gasteiger partial charge in [0.15, 0.2) is 0 Å². The number of hydrogen-bond donors (Lipinski definition) is 0. The van der Waals surface area contributed by atoms with Crippen LogP contribution in [0, 0.1) is 0 Å². The van der Waals surface area contributed by atoms with Gasteiger partial charge in [0.2, 0.25) is 0 Å². The van der Waals surface area contributed by atoms with E-state index in [0.717, 1.165) is 0 Å². The van der Waals surface area contributed by atoms with Crippen molar-refractivity contribution in [1.82, 2.24) is 0 Å². The lowest BCUT2D eigenvalue weighted by atomic mass is 9.70. The second-order valence-corrected chi connectivity index (χ2v) is 12.7. The van der Waals surface area contributed by atoms with Gasteiger partial charge in [-0.1, -0.05) is 146 Å². The Balaban J connectivity index is 1.36. The van der Waals surface area contributed by atoms with E-state index in [1.54, 1.807) is 0 Å². The highest BCUT2D eigenvalue weighted by Gasteiger charge is 2.52. The van der Waals surface area contributed by atoms with Gasteiger partial charge in [0, 0.05) is 0 Å². The van der Waals surface area contributed by atoms with E-state index in [-0.39, 0.29) is 5.41 Å². The van der Waals surface area contributed by atoms with Crippen LogP contribution < -0.4 is 0 Å². The summed E-state index contributed by atoms with van der Waals surface area (Å²) in [6.07, 6.45) is 0. The predicted molar refractivity (Wildman–Crippen MR) is 188 cm³/mol. The molecule has 45 heavy (non-hydrogen) atoms. The van der Waals surface area contributed by atoms with Crippen LogP contribution >= 0.6 is 0 Å². The minimum Gasteiger partial charge on any atom is -0.0622 e. The molecule has 8 aromatic carbocycles. The Morgan fingerprint density at radius 3 is 1.64 bits per heavy atom. The summed E-state index contributed by atoms with van der Waals surface area (Å²) in [7, 11) is 0. The molecular formula is C45H26. The average Bonchev–Trinajstić information content (AvgIpc) is 3.70. The third-order valence-corrected chi connectivity index (χ3v) is 10.8. The van der Waals surface area contributed by atoms with Gasteiger partial charge in [-0.05, 0) is 112 Å². The molecule has 0 amide bonds. The number of hydrogen-bond acceptors (Lipinski definition) is 0. The van der Waals surface area contributed by atoms with Gasteiger partial charge in [0.25, 0.3) is 0 Å². The summed E-state index contributed by atoms with van der Waals surface area (Å²) in [6, 6.07) is 59.3.